The Morgan fingerprint density at radius 2 is 1.96 bits per heavy atom. The van der Waals surface area contributed by atoms with E-state index >= 15 is 0 Å². The van der Waals surface area contributed by atoms with Gasteiger partial charge in [-0.15, -0.1) is 0 Å². The minimum atomic E-state index is -0.206. The SMILES string of the molecule is COc1ccc(/C=C/C(=O)NCc2ccccc2Cl)c(OC)c1. The second-order valence-electron chi connectivity index (χ2n) is 4.75. The zero-order chi connectivity index (χ0) is 16.7. The Bertz CT molecular complexity index is 713. The summed E-state index contributed by atoms with van der Waals surface area (Å²) in [6.07, 6.45) is 3.15. The van der Waals surface area contributed by atoms with Gasteiger partial charge in [-0.25, -0.2) is 0 Å². The first kappa shape index (κ1) is 16.9. The molecular formula is C18H18ClNO3. The van der Waals surface area contributed by atoms with Gasteiger partial charge in [0.15, 0.2) is 0 Å². The molecule has 1 amide bonds. The van der Waals surface area contributed by atoms with Crippen molar-refractivity contribution in [3.63, 3.8) is 0 Å². The number of hydrogen-bond donors (Lipinski definition) is 1. The molecule has 120 valence electrons. The molecule has 0 aliphatic rings. The molecule has 0 aromatic heterocycles. The molecule has 1 N–H and O–H groups in total. The number of halogens is 1. The number of rotatable bonds is 6. The maximum absolute atomic E-state index is 11.9. The lowest BCUT2D eigenvalue weighted by Crippen LogP contribution is -2.20. The molecule has 2 aromatic carbocycles. The largest absolute Gasteiger partial charge is 0.497 e. The molecule has 4 nitrogen and oxygen atoms in total. The first-order valence-corrected chi connectivity index (χ1v) is 7.43. The smallest absolute Gasteiger partial charge is 0.244 e. The number of nitrogens with one attached hydrogen (secondary N) is 1. The fourth-order valence-corrected chi connectivity index (χ4v) is 2.21. The van der Waals surface area contributed by atoms with Crippen molar-refractivity contribution >= 4 is 23.6 Å². The molecule has 2 rings (SSSR count). The minimum absolute atomic E-state index is 0.206. The van der Waals surface area contributed by atoms with Crippen LogP contribution in [0.4, 0.5) is 0 Å². The second kappa shape index (κ2) is 8.25. The normalized spacial score (nSPS) is 10.6. The molecule has 23 heavy (non-hydrogen) atoms. The molecule has 0 aliphatic heterocycles. The number of hydrogen-bond acceptors (Lipinski definition) is 3. The molecule has 2 aromatic rings. The highest BCUT2D eigenvalue weighted by Gasteiger charge is 2.04. The molecule has 0 fully saturated rings. The van der Waals surface area contributed by atoms with Crippen LogP contribution >= 0.6 is 11.6 Å². The zero-order valence-electron chi connectivity index (χ0n) is 13.0. The molecule has 0 heterocycles. The maximum atomic E-state index is 11.9. The number of carbonyl (C=O) groups excluding carboxylic acids is 1. The summed E-state index contributed by atoms with van der Waals surface area (Å²) in [6.45, 7) is 0.378. The summed E-state index contributed by atoms with van der Waals surface area (Å²) in [5.74, 6) is 1.13. The Kier molecular flexibility index (Phi) is 6.06. The van der Waals surface area contributed by atoms with Gasteiger partial charge in [-0.3, -0.25) is 4.79 Å². The van der Waals surface area contributed by atoms with Crippen molar-refractivity contribution in [2.45, 2.75) is 6.54 Å². The molecular weight excluding hydrogens is 314 g/mol. The van der Waals surface area contributed by atoms with Crippen LogP contribution in [0.25, 0.3) is 6.08 Å². The van der Waals surface area contributed by atoms with Gasteiger partial charge in [0, 0.05) is 29.3 Å². The van der Waals surface area contributed by atoms with Crippen molar-refractivity contribution in [2.75, 3.05) is 14.2 Å². The first-order valence-electron chi connectivity index (χ1n) is 7.05. The number of benzene rings is 2. The molecule has 0 aliphatic carbocycles. The van der Waals surface area contributed by atoms with Crippen LogP contribution in [0.2, 0.25) is 5.02 Å². The molecule has 0 radical (unpaired) electrons. The molecule has 0 saturated heterocycles. The van der Waals surface area contributed by atoms with Crippen molar-refractivity contribution in [1.29, 1.82) is 0 Å². The highest BCUT2D eigenvalue weighted by molar-refractivity contribution is 6.31. The molecule has 0 bridgehead atoms. The van der Waals surface area contributed by atoms with Gasteiger partial charge in [0.25, 0.3) is 0 Å². The summed E-state index contributed by atoms with van der Waals surface area (Å²) >= 11 is 6.05. The van der Waals surface area contributed by atoms with Gasteiger partial charge < -0.3 is 14.8 Å². The van der Waals surface area contributed by atoms with Gasteiger partial charge >= 0.3 is 0 Å². The Balaban J connectivity index is 2.00. The van der Waals surface area contributed by atoms with E-state index in [0.29, 0.717) is 23.1 Å². The lowest BCUT2D eigenvalue weighted by Gasteiger charge is -2.07. The summed E-state index contributed by atoms with van der Waals surface area (Å²) in [5.41, 5.74) is 1.67. The first-order chi connectivity index (χ1) is 11.1. The highest BCUT2D eigenvalue weighted by Crippen LogP contribution is 2.25. The third kappa shape index (κ3) is 4.76. The predicted octanol–water partition coefficient (Wildman–Crippen LogP) is 3.69. The van der Waals surface area contributed by atoms with Crippen LogP contribution < -0.4 is 14.8 Å². The van der Waals surface area contributed by atoms with E-state index in [4.69, 9.17) is 21.1 Å². The zero-order valence-corrected chi connectivity index (χ0v) is 13.8. The standard InChI is InChI=1S/C18H18ClNO3/c1-22-15-9-7-13(17(11-15)23-2)8-10-18(21)20-12-14-5-3-4-6-16(14)19/h3-11H,12H2,1-2H3,(H,20,21)/b10-8+. The Morgan fingerprint density at radius 1 is 1.17 bits per heavy atom. The molecule has 5 heteroatoms. The van der Waals surface area contributed by atoms with Gasteiger partial charge in [-0.1, -0.05) is 29.8 Å². The van der Waals surface area contributed by atoms with Gasteiger partial charge in [0.2, 0.25) is 5.91 Å². The molecule has 0 saturated carbocycles. The van der Waals surface area contributed by atoms with Crippen molar-refractivity contribution in [2.24, 2.45) is 0 Å². The van der Waals surface area contributed by atoms with E-state index in [-0.39, 0.29) is 5.91 Å². The number of methoxy groups -OCH3 is 2. The molecule has 0 unspecified atom stereocenters. The number of ether oxygens (including phenoxy) is 2. The van der Waals surface area contributed by atoms with Crippen molar-refractivity contribution in [3.05, 3.63) is 64.7 Å². The predicted molar refractivity (Wildman–Crippen MR) is 91.9 cm³/mol. The number of amides is 1. The van der Waals surface area contributed by atoms with Crippen molar-refractivity contribution in [1.82, 2.24) is 5.32 Å². The third-order valence-corrected chi connectivity index (χ3v) is 3.63. The summed E-state index contributed by atoms with van der Waals surface area (Å²) in [4.78, 5) is 11.9. The Hall–Kier alpha value is -2.46. The summed E-state index contributed by atoms with van der Waals surface area (Å²) in [5, 5.41) is 3.43. The number of carbonyl (C=O) groups is 1. The monoisotopic (exact) mass is 331 g/mol. The summed E-state index contributed by atoms with van der Waals surface area (Å²) < 4.78 is 10.4. The van der Waals surface area contributed by atoms with Crippen LogP contribution in [0.15, 0.2) is 48.5 Å². The van der Waals surface area contributed by atoms with Crippen LogP contribution in [-0.4, -0.2) is 20.1 Å². The highest BCUT2D eigenvalue weighted by atomic mass is 35.5. The van der Waals surface area contributed by atoms with E-state index in [9.17, 15) is 4.79 Å². The lowest BCUT2D eigenvalue weighted by molar-refractivity contribution is -0.116. The molecule has 0 atom stereocenters. The Morgan fingerprint density at radius 3 is 2.65 bits per heavy atom. The average Bonchev–Trinajstić information content (AvgIpc) is 2.59. The van der Waals surface area contributed by atoms with E-state index in [1.807, 2.05) is 30.3 Å². The van der Waals surface area contributed by atoms with Gasteiger partial charge in [0.05, 0.1) is 14.2 Å². The van der Waals surface area contributed by atoms with Crippen LogP contribution in [0, 0.1) is 0 Å². The summed E-state index contributed by atoms with van der Waals surface area (Å²) in [7, 11) is 3.16. The summed E-state index contributed by atoms with van der Waals surface area (Å²) in [6, 6.07) is 12.8. The van der Waals surface area contributed by atoms with E-state index in [0.717, 1.165) is 11.1 Å². The van der Waals surface area contributed by atoms with Crippen LogP contribution in [-0.2, 0) is 11.3 Å². The van der Waals surface area contributed by atoms with Crippen molar-refractivity contribution in [3.8, 4) is 11.5 Å². The van der Waals surface area contributed by atoms with Crippen LogP contribution in [0.1, 0.15) is 11.1 Å². The average molecular weight is 332 g/mol. The van der Waals surface area contributed by atoms with Gasteiger partial charge in [-0.05, 0) is 29.8 Å². The van der Waals surface area contributed by atoms with Crippen molar-refractivity contribution < 1.29 is 14.3 Å². The maximum Gasteiger partial charge on any atom is 0.244 e. The fraction of sp³-hybridized carbons (Fsp3) is 0.167. The van der Waals surface area contributed by atoms with Gasteiger partial charge in [-0.2, -0.15) is 0 Å². The molecule has 0 spiro atoms. The van der Waals surface area contributed by atoms with Gasteiger partial charge in [0.1, 0.15) is 11.5 Å². The van der Waals surface area contributed by atoms with Crippen LogP contribution in [0.3, 0.4) is 0 Å². The second-order valence-corrected chi connectivity index (χ2v) is 5.16. The van der Waals surface area contributed by atoms with E-state index in [1.54, 1.807) is 32.4 Å². The quantitative estimate of drug-likeness (QED) is 0.821. The topological polar surface area (TPSA) is 47.6 Å². The van der Waals surface area contributed by atoms with E-state index < -0.39 is 0 Å². The third-order valence-electron chi connectivity index (χ3n) is 3.27. The minimum Gasteiger partial charge on any atom is -0.497 e. The fourth-order valence-electron chi connectivity index (χ4n) is 2.00. The van der Waals surface area contributed by atoms with Crippen LogP contribution in [0.5, 0.6) is 11.5 Å². The van der Waals surface area contributed by atoms with E-state index in [1.165, 1.54) is 6.08 Å². The lowest BCUT2D eigenvalue weighted by atomic mass is 10.1. The Labute approximate surface area is 140 Å². The van der Waals surface area contributed by atoms with E-state index in [2.05, 4.69) is 5.32 Å².